The van der Waals surface area contributed by atoms with Crippen LogP contribution < -0.4 is 5.73 Å². The summed E-state index contributed by atoms with van der Waals surface area (Å²) < 4.78 is 5.45. The van der Waals surface area contributed by atoms with Gasteiger partial charge in [-0.15, -0.1) is 0 Å². The van der Waals surface area contributed by atoms with Gasteiger partial charge in [0.1, 0.15) is 0 Å². The third-order valence-corrected chi connectivity index (χ3v) is 4.94. The first-order valence-corrected chi connectivity index (χ1v) is 8.72. The number of nitrogens with two attached hydrogens (primary N) is 1. The van der Waals surface area contributed by atoms with Crippen LogP contribution in [0.2, 0.25) is 0 Å². The molecule has 1 saturated heterocycles. The summed E-state index contributed by atoms with van der Waals surface area (Å²) in [7, 11) is 0. The number of benzene rings is 1. The number of nitrogens with zero attached hydrogens (tertiary/aromatic N) is 3. The summed E-state index contributed by atoms with van der Waals surface area (Å²) in [4.78, 5) is 7.29. The Bertz CT molecular complexity index is 868. The monoisotopic (exact) mass is 337 g/mol. The minimum absolute atomic E-state index is 0.521. The van der Waals surface area contributed by atoms with Gasteiger partial charge in [0.25, 0.3) is 0 Å². The number of nitrogen functional groups attached to an aromatic ring is 1. The van der Waals surface area contributed by atoms with Gasteiger partial charge in [-0.1, -0.05) is 30.3 Å². The summed E-state index contributed by atoms with van der Waals surface area (Å²) in [6.07, 6.45) is 0.934. The molecule has 6 heteroatoms. The molecule has 1 aliphatic heterocycles. The molecule has 1 aliphatic rings. The fourth-order valence-electron chi connectivity index (χ4n) is 3.54. The first-order chi connectivity index (χ1) is 12.2. The first-order valence-electron chi connectivity index (χ1n) is 8.72. The molecule has 0 amide bonds. The minimum atomic E-state index is 0.521. The van der Waals surface area contributed by atoms with Crippen LogP contribution in [0.5, 0.6) is 0 Å². The summed E-state index contributed by atoms with van der Waals surface area (Å²) in [6, 6.07) is 10.3. The third-order valence-electron chi connectivity index (χ3n) is 4.94. The maximum absolute atomic E-state index is 6.06. The Labute approximate surface area is 147 Å². The summed E-state index contributed by atoms with van der Waals surface area (Å²) in [6.45, 7) is 6.73. The second kappa shape index (κ2) is 6.82. The SMILES string of the molecule is Cc1c(CCN2CCOCC2)c(-c2ccccc2)nc2[nH]nc(N)c12. The van der Waals surface area contributed by atoms with E-state index in [9.17, 15) is 0 Å². The number of morpholine rings is 1. The summed E-state index contributed by atoms with van der Waals surface area (Å²) in [5.74, 6) is 0.521. The zero-order chi connectivity index (χ0) is 17.2. The topological polar surface area (TPSA) is 80.1 Å². The van der Waals surface area contributed by atoms with Gasteiger partial charge in [-0.25, -0.2) is 4.98 Å². The standard InChI is InChI=1S/C19H23N5O/c1-13-15(7-8-24-9-11-25-12-10-24)17(14-5-3-2-4-6-14)21-19-16(13)18(20)22-23-19/h2-6H,7-12H2,1H3,(H3,20,21,22,23). The fourth-order valence-corrected chi connectivity index (χ4v) is 3.54. The number of fused-ring (bicyclic) bond motifs is 1. The molecule has 1 aromatic carbocycles. The van der Waals surface area contributed by atoms with Gasteiger partial charge < -0.3 is 10.5 Å². The van der Waals surface area contributed by atoms with E-state index in [1.165, 1.54) is 11.1 Å². The molecule has 0 saturated carbocycles. The number of hydrogen-bond acceptors (Lipinski definition) is 5. The van der Waals surface area contributed by atoms with Crippen molar-refractivity contribution >= 4 is 16.9 Å². The van der Waals surface area contributed by atoms with Crippen LogP contribution in [-0.2, 0) is 11.2 Å². The summed E-state index contributed by atoms with van der Waals surface area (Å²) in [5.41, 5.74) is 11.4. The van der Waals surface area contributed by atoms with Gasteiger partial charge in [-0.05, 0) is 24.5 Å². The number of anilines is 1. The first kappa shape index (κ1) is 16.1. The van der Waals surface area contributed by atoms with Crippen LogP contribution in [0.25, 0.3) is 22.3 Å². The lowest BCUT2D eigenvalue weighted by Gasteiger charge is -2.27. The number of aryl methyl sites for hydroxylation is 1. The number of pyridine rings is 1. The van der Waals surface area contributed by atoms with E-state index >= 15 is 0 Å². The highest BCUT2D eigenvalue weighted by Crippen LogP contribution is 2.31. The Kier molecular flexibility index (Phi) is 4.38. The lowest BCUT2D eigenvalue weighted by molar-refractivity contribution is 0.0384. The molecule has 3 aromatic rings. The predicted molar refractivity (Wildman–Crippen MR) is 99.4 cm³/mol. The summed E-state index contributed by atoms with van der Waals surface area (Å²) >= 11 is 0. The molecule has 3 N–H and O–H groups in total. The maximum Gasteiger partial charge on any atom is 0.158 e. The Hall–Kier alpha value is -2.44. The van der Waals surface area contributed by atoms with Crippen molar-refractivity contribution < 1.29 is 4.74 Å². The van der Waals surface area contributed by atoms with Crippen molar-refractivity contribution in [1.82, 2.24) is 20.1 Å². The number of hydrogen-bond donors (Lipinski definition) is 2. The van der Waals surface area contributed by atoms with Crippen LogP contribution in [0.4, 0.5) is 5.82 Å². The van der Waals surface area contributed by atoms with Crippen molar-refractivity contribution in [3.8, 4) is 11.3 Å². The maximum atomic E-state index is 6.06. The second-order valence-electron chi connectivity index (χ2n) is 6.47. The van der Waals surface area contributed by atoms with E-state index in [1.54, 1.807) is 0 Å². The number of aromatic nitrogens is 3. The molecule has 25 heavy (non-hydrogen) atoms. The van der Waals surface area contributed by atoms with Crippen LogP contribution >= 0.6 is 0 Å². The molecule has 130 valence electrons. The van der Waals surface area contributed by atoms with Gasteiger partial charge in [-0.2, -0.15) is 5.10 Å². The lowest BCUT2D eigenvalue weighted by Crippen LogP contribution is -2.37. The van der Waals surface area contributed by atoms with Crippen molar-refractivity contribution in [3.05, 3.63) is 41.5 Å². The Morgan fingerprint density at radius 2 is 1.96 bits per heavy atom. The normalized spacial score (nSPS) is 15.7. The molecule has 0 bridgehead atoms. The quantitative estimate of drug-likeness (QED) is 0.764. The predicted octanol–water partition coefficient (Wildman–Crippen LogP) is 2.39. The highest BCUT2D eigenvalue weighted by molar-refractivity contribution is 5.92. The number of nitrogens with one attached hydrogen (secondary N) is 1. The van der Waals surface area contributed by atoms with Gasteiger partial charge in [0, 0.05) is 25.2 Å². The van der Waals surface area contributed by atoms with Crippen LogP contribution in [0.1, 0.15) is 11.1 Å². The number of H-pyrrole nitrogens is 1. The van der Waals surface area contributed by atoms with Crippen molar-refractivity contribution in [2.75, 3.05) is 38.6 Å². The molecule has 0 aliphatic carbocycles. The molecule has 6 nitrogen and oxygen atoms in total. The van der Waals surface area contributed by atoms with E-state index in [0.717, 1.165) is 61.6 Å². The van der Waals surface area contributed by atoms with Gasteiger partial charge >= 0.3 is 0 Å². The van der Waals surface area contributed by atoms with Gasteiger partial charge in [0.2, 0.25) is 0 Å². The highest BCUT2D eigenvalue weighted by atomic mass is 16.5. The van der Waals surface area contributed by atoms with E-state index in [1.807, 2.05) is 18.2 Å². The average molecular weight is 337 g/mol. The van der Waals surface area contributed by atoms with Gasteiger partial charge in [-0.3, -0.25) is 10.00 Å². The van der Waals surface area contributed by atoms with Crippen molar-refractivity contribution in [1.29, 1.82) is 0 Å². The minimum Gasteiger partial charge on any atom is -0.382 e. The number of ether oxygens (including phenoxy) is 1. The van der Waals surface area contributed by atoms with Crippen LogP contribution in [0.3, 0.4) is 0 Å². The summed E-state index contributed by atoms with van der Waals surface area (Å²) in [5, 5.41) is 8.05. The second-order valence-corrected chi connectivity index (χ2v) is 6.47. The molecule has 3 heterocycles. The zero-order valence-corrected chi connectivity index (χ0v) is 14.5. The average Bonchev–Trinajstić information content (AvgIpc) is 3.03. The lowest BCUT2D eigenvalue weighted by atomic mass is 9.96. The number of aromatic amines is 1. The van der Waals surface area contributed by atoms with Gasteiger partial charge in [0.05, 0.1) is 24.3 Å². The highest BCUT2D eigenvalue weighted by Gasteiger charge is 2.18. The van der Waals surface area contributed by atoms with Crippen molar-refractivity contribution in [2.45, 2.75) is 13.3 Å². The fraction of sp³-hybridized carbons (Fsp3) is 0.368. The largest absolute Gasteiger partial charge is 0.382 e. The molecule has 2 aromatic heterocycles. The van der Waals surface area contributed by atoms with Crippen molar-refractivity contribution in [2.24, 2.45) is 0 Å². The molecule has 4 rings (SSSR count). The molecule has 0 radical (unpaired) electrons. The van der Waals surface area contributed by atoms with Crippen molar-refractivity contribution in [3.63, 3.8) is 0 Å². The Balaban J connectivity index is 1.76. The molecule has 0 atom stereocenters. The Morgan fingerprint density at radius 3 is 2.72 bits per heavy atom. The Morgan fingerprint density at radius 1 is 1.20 bits per heavy atom. The van der Waals surface area contributed by atoms with Crippen LogP contribution in [-0.4, -0.2) is 52.9 Å². The molecular formula is C19H23N5O. The zero-order valence-electron chi connectivity index (χ0n) is 14.5. The van der Waals surface area contributed by atoms with E-state index in [2.05, 4.69) is 34.2 Å². The third kappa shape index (κ3) is 3.10. The molecule has 0 spiro atoms. The van der Waals surface area contributed by atoms with E-state index in [-0.39, 0.29) is 0 Å². The molecular weight excluding hydrogens is 314 g/mol. The molecule has 1 fully saturated rings. The molecule has 0 unspecified atom stereocenters. The van der Waals surface area contributed by atoms with Crippen LogP contribution in [0, 0.1) is 6.92 Å². The van der Waals surface area contributed by atoms with Gasteiger partial charge in [0.15, 0.2) is 11.5 Å². The number of rotatable bonds is 4. The van der Waals surface area contributed by atoms with E-state index in [0.29, 0.717) is 5.82 Å². The van der Waals surface area contributed by atoms with Crippen LogP contribution in [0.15, 0.2) is 30.3 Å². The van der Waals surface area contributed by atoms with E-state index < -0.39 is 0 Å². The smallest absolute Gasteiger partial charge is 0.158 e. The van der Waals surface area contributed by atoms with E-state index in [4.69, 9.17) is 15.5 Å².